The van der Waals surface area contributed by atoms with E-state index in [0.717, 1.165) is 16.7 Å². The molecule has 1 aromatic carbocycles. The maximum Gasteiger partial charge on any atom is 0.407 e. The number of benzene rings is 1. The van der Waals surface area contributed by atoms with Gasteiger partial charge >= 0.3 is 6.09 Å². The highest BCUT2D eigenvalue weighted by Gasteiger charge is 2.21. The van der Waals surface area contributed by atoms with E-state index in [1.807, 2.05) is 50.4 Å². The largest absolute Gasteiger partial charge is 0.475 e. The second-order valence-corrected chi connectivity index (χ2v) is 7.34. The number of halogens is 1. The Morgan fingerprint density at radius 1 is 1.22 bits per heavy atom. The summed E-state index contributed by atoms with van der Waals surface area (Å²) in [5, 5.41) is 9.80. The fourth-order valence-electron chi connectivity index (χ4n) is 3.13. The lowest BCUT2D eigenvalue weighted by Crippen LogP contribution is -2.47. The van der Waals surface area contributed by atoms with Gasteiger partial charge in [0, 0.05) is 50.0 Å². The van der Waals surface area contributed by atoms with Crippen LogP contribution in [0.4, 0.5) is 4.79 Å². The van der Waals surface area contributed by atoms with Gasteiger partial charge in [0.1, 0.15) is 0 Å². The Morgan fingerprint density at radius 3 is 2.48 bits per heavy atom. The minimum Gasteiger partial charge on any atom is -0.475 e. The number of carboxylic acid groups (broad SMARTS) is 1. The van der Waals surface area contributed by atoms with Gasteiger partial charge in [0.15, 0.2) is 0 Å². The van der Waals surface area contributed by atoms with E-state index in [9.17, 15) is 4.79 Å². The first-order valence-electron chi connectivity index (χ1n) is 9.04. The van der Waals surface area contributed by atoms with Crippen molar-refractivity contribution in [3.63, 3.8) is 0 Å². The Labute approximate surface area is 164 Å². The molecule has 1 fully saturated rings. The van der Waals surface area contributed by atoms with E-state index >= 15 is 0 Å². The summed E-state index contributed by atoms with van der Waals surface area (Å²) >= 11 is 6.04. The molecule has 2 heterocycles. The molecular weight excluding hydrogens is 366 g/mol. The molecule has 0 spiro atoms. The molecule has 1 aliphatic heterocycles. The summed E-state index contributed by atoms with van der Waals surface area (Å²) in [6, 6.07) is 9.68. The molecule has 0 atom stereocenters. The fraction of sp³-hybridized carbons (Fsp3) is 0.400. The molecular formula is C20H24ClN3O3. The van der Waals surface area contributed by atoms with E-state index in [-0.39, 0.29) is 6.10 Å². The fourth-order valence-corrected chi connectivity index (χ4v) is 3.26. The maximum absolute atomic E-state index is 11.1. The van der Waals surface area contributed by atoms with Crippen LogP contribution >= 0.6 is 11.6 Å². The number of rotatable bonds is 5. The number of pyridine rings is 1. The van der Waals surface area contributed by atoms with Crippen LogP contribution < -0.4 is 4.74 Å². The first kappa shape index (κ1) is 19.5. The highest BCUT2D eigenvalue weighted by Crippen LogP contribution is 2.29. The third kappa shape index (κ3) is 5.11. The molecule has 0 bridgehead atoms. The number of carbonyl (C=O) groups is 1. The SMILES string of the molecule is CC(C)Oc1cc(-c2ccc(Cl)cc2)c(CN2CCN(C(=O)O)CC2)cn1. The lowest BCUT2D eigenvalue weighted by Gasteiger charge is -2.33. The van der Waals surface area contributed by atoms with Crippen LogP contribution in [0.25, 0.3) is 11.1 Å². The van der Waals surface area contributed by atoms with Crippen molar-refractivity contribution < 1.29 is 14.6 Å². The Kier molecular flexibility index (Phi) is 6.19. The molecule has 0 saturated carbocycles. The molecule has 1 amide bonds. The number of ether oxygens (including phenoxy) is 1. The zero-order valence-corrected chi connectivity index (χ0v) is 16.3. The molecule has 1 saturated heterocycles. The Morgan fingerprint density at radius 2 is 1.89 bits per heavy atom. The van der Waals surface area contributed by atoms with Crippen molar-refractivity contribution in [2.24, 2.45) is 0 Å². The second kappa shape index (κ2) is 8.59. The molecule has 27 heavy (non-hydrogen) atoms. The minimum absolute atomic E-state index is 0.0468. The average Bonchev–Trinajstić information content (AvgIpc) is 2.64. The van der Waals surface area contributed by atoms with Gasteiger partial charge in [-0.05, 0) is 42.7 Å². The van der Waals surface area contributed by atoms with E-state index in [2.05, 4.69) is 9.88 Å². The number of hydrogen-bond donors (Lipinski definition) is 1. The van der Waals surface area contributed by atoms with E-state index in [1.54, 1.807) is 0 Å². The van der Waals surface area contributed by atoms with Crippen LogP contribution in [0.1, 0.15) is 19.4 Å². The predicted octanol–water partition coefficient (Wildman–Crippen LogP) is 3.98. The topological polar surface area (TPSA) is 65.9 Å². The van der Waals surface area contributed by atoms with Crippen molar-refractivity contribution in [3.8, 4) is 17.0 Å². The van der Waals surface area contributed by atoms with Crippen LogP contribution in [-0.4, -0.2) is 58.3 Å². The molecule has 2 aromatic rings. The van der Waals surface area contributed by atoms with Crippen molar-refractivity contribution in [2.75, 3.05) is 26.2 Å². The standard InChI is InChI=1S/C20H24ClN3O3/c1-14(2)27-19-11-18(15-3-5-17(21)6-4-15)16(12-22-19)13-23-7-9-24(10-8-23)20(25)26/h3-6,11-12,14H,7-10,13H2,1-2H3,(H,25,26). The predicted molar refractivity (Wildman–Crippen MR) is 105 cm³/mol. The summed E-state index contributed by atoms with van der Waals surface area (Å²) in [6.07, 6.45) is 1.05. The van der Waals surface area contributed by atoms with Gasteiger partial charge in [-0.3, -0.25) is 4.90 Å². The van der Waals surface area contributed by atoms with Gasteiger partial charge in [-0.25, -0.2) is 9.78 Å². The summed E-state index contributed by atoms with van der Waals surface area (Å²) in [4.78, 5) is 19.2. The van der Waals surface area contributed by atoms with Gasteiger partial charge in [0.05, 0.1) is 6.10 Å². The van der Waals surface area contributed by atoms with Crippen LogP contribution in [-0.2, 0) is 6.54 Å². The van der Waals surface area contributed by atoms with Crippen LogP contribution in [0.3, 0.4) is 0 Å². The van der Waals surface area contributed by atoms with Gasteiger partial charge in [-0.2, -0.15) is 0 Å². The van der Waals surface area contributed by atoms with Gasteiger partial charge < -0.3 is 14.7 Å². The van der Waals surface area contributed by atoms with Gasteiger partial charge in [0.25, 0.3) is 0 Å². The molecule has 144 valence electrons. The monoisotopic (exact) mass is 389 g/mol. The Bertz CT molecular complexity index is 788. The van der Waals surface area contributed by atoms with E-state index in [1.165, 1.54) is 4.90 Å². The van der Waals surface area contributed by atoms with E-state index in [0.29, 0.717) is 43.6 Å². The second-order valence-electron chi connectivity index (χ2n) is 6.90. The molecule has 0 radical (unpaired) electrons. The zero-order valence-electron chi connectivity index (χ0n) is 15.6. The number of piperazine rings is 1. The van der Waals surface area contributed by atoms with Crippen molar-refractivity contribution in [1.82, 2.24) is 14.8 Å². The average molecular weight is 390 g/mol. The molecule has 0 aliphatic carbocycles. The van der Waals surface area contributed by atoms with Crippen molar-refractivity contribution in [1.29, 1.82) is 0 Å². The molecule has 1 N–H and O–H groups in total. The first-order valence-corrected chi connectivity index (χ1v) is 9.42. The highest BCUT2D eigenvalue weighted by molar-refractivity contribution is 6.30. The maximum atomic E-state index is 11.1. The van der Waals surface area contributed by atoms with Crippen LogP contribution in [0.15, 0.2) is 36.5 Å². The highest BCUT2D eigenvalue weighted by atomic mass is 35.5. The smallest absolute Gasteiger partial charge is 0.407 e. The van der Waals surface area contributed by atoms with E-state index in [4.69, 9.17) is 21.4 Å². The molecule has 7 heteroatoms. The van der Waals surface area contributed by atoms with Gasteiger partial charge in [0.2, 0.25) is 5.88 Å². The third-order valence-corrected chi connectivity index (χ3v) is 4.76. The Balaban J connectivity index is 1.83. The molecule has 1 aliphatic rings. The number of nitrogens with zero attached hydrogens (tertiary/aromatic N) is 3. The lowest BCUT2D eigenvalue weighted by molar-refractivity contribution is 0.103. The number of hydrogen-bond acceptors (Lipinski definition) is 4. The van der Waals surface area contributed by atoms with Gasteiger partial charge in [-0.1, -0.05) is 23.7 Å². The summed E-state index contributed by atoms with van der Waals surface area (Å²) < 4.78 is 5.76. The quantitative estimate of drug-likeness (QED) is 0.837. The summed E-state index contributed by atoms with van der Waals surface area (Å²) in [7, 11) is 0. The summed E-state index contributed by atoms with van der Waals surface area (Å²) in [6.45, 7) is 7.10. The molecule has 0 unspecified atom stereocenters. The van der Waals surface area contributed by atoms with E-state index < -0.39 is 6.09 Å². The Hall–Kier alpha value is -2.31. The van der Waals surface area contributed by atoms with Gasteiger partial charge in [-0.15, -0.1) is 0 Å². The number of amides is 1. The van der Waals surface area contributed by atoms with Crippen molar-refractivity contribution in [3.05, 3.63) is 47.1 Å². The summed E-state index contributed by atoms with van der Waals surface area (Å²) in [5.74, 6) is 0.592. The molecule has 1 aromatic heterocycles. The molecule has 6 nitrogen and oxygen atoms in total. The third-order valence-electron chi connectivity index (χ3n) is 4.51. The molecule has 3 rings (SSSR count). The minimum atomic E-state index is -0.853. The van der Waals surface area contributed by atoms with Crippen molar-refractivity contribution in [2.45, 2.75) is 26.5 Å². The van der Waals surface area contributed by atoms with Crippen LogP contribution in [0.2, 0.25) is 5.02 Å². The van der Waals surface area contributed by atoms with Crippen LogP contribution in [0, 0.1) is 0 Å². The number of aromatic nitrogens is 1. The van der Waals surface area contributed by atoms with Crippen molar-refractivity contribution >= 4 is 17.7 Å². The van der Waals surface area contributed by atoms with Crippen LogP contribution in [0.5, 0.6) is 5.88 Å². The lowest BCUT2D eigenvalue weighted by atomic mass is 10.0. The summed E-state index contributed by atoms with van der Waals surface area (Å²) in [5.41, 5.74) is 3.18. The zero-order chi connectivity index (χ0) is 19.4. The first-order chi connectivity index (χ1) is 12.9. The normalized spacial score (nSPS) is 15.2.